The lowest BCUT2D eigenvalue weighted by molar-refractivity contribution is 0.0818. The van der Waals surface area contributed by atoms with E-state index in [1.807, 2.05) is 0 Å². The van der Waals surface area contributed by atoms with Gasteiger partial charge in [-0.2, -0.15) is 0 Å². The number of nitrogens with zero attached hydrogens (tertiary/aromatic N) is 1. The van der Waals surface area contributed by atoms with Crippen LogP contribution in [0.15, 0.2) is 18.2 Å². The summed E-state index contributed by atoms with van der Waals surface area (Å²) in [5.41, 5.74) is 6.20. The Morgan fingerprint density at radius 1 is 1.61 bits per heavy atom. The SMILES string of the molecule is C#CCN(C)C(=O)c1sc2ccc(F)cc2c1N. The maximum Gasteiger partial charge on any atom is 0.266 e. The zero-order chi connectivity index (χ0) is 13.3. The van der Waals surface area contributed by atoms with E-state index in [4.69, 9.17) is 12.2 Å². The van der Waals surface area contributed by atoms with Gasteiger partial charge in [0.2, 0.25) is 0 Å². The molecule has 0 unspecified atom stereocenters. The predicted octanol–water partition coefficient (Wildman–Crippen LogP) is 2.33. The number of thiophene rings is 1. The first-order valence-corrected chi connectivity index (χ1v) is 6.02. The molecule has 0 spiro atoms. The second-order valence-electron chi connectivity index (χ2n) is 3.85. The molecule has 5 heteroatoms. The van der Waals surface area contributed by atoms with Gasteiger partial charge in [0.05, 0.1) is 12.2 Å². The number of benzene rings is 1. The molecule has 0 atom stereocenters. The summed E-state index contributed by atoms with van der Waals surface area (Å²) in [7, 11) is 1.60. The van der Waals surface area contributed by atoms with Crippen molar-refractivity contribution in [1.82, 2.24) is 4.90 Å². The number of carbonyl (C=O) groups excluding carboxylic acids is 1. The minimum Gasteiger partial charge on any atom is -0.397 e. The van der Waals surface area contributed by atoms with Crippen molar-refractivity contribution in [2.45, 2.75) is 0 Å². The van der Waals surface area contributed by atoms with Crippen LogP contribution in [0.5, 0.6) is 0 Å². The molecular weight excluding hydrogens is 251 g/mol. The van der Waals surface area contributed by atoms with E-state index in [1.165, 1.54) is 28.4 Å². The Bertz CT molecular complexity index is 657. The summed E-state index contributed by atoms with van der Waals surface area (Å²) in [5, 5.41) is 0.567. The quantitative estimate of drug-likeness (QED) is 0.844. The van der Waals surface area contributed by atoms with Crippen LogP contribution in [-0.4, -0.2) is 24.4 Å². The second-order valence-corrected chi connectivity index (χ2v) is 4.90. The normalized spacial score (nSPS) is 10.3. The third-order valence-electron chi connectivity index (χ3n) is 2.56. The van der Waals surface area contributed by atoms with Crippen molar-refractivity contribution in [3.8, 4) is 12.3 Å². The summed E-state index contributed by atoms with van der Waals surface area (Å²) in [5.74, 6) is 1.77. The molecule has 0 fully saturated rings. The van der Waals surface area contributed by atoms with E-state index in [2.05, 4.69) is 5.92 Å². The third kappa shape index (κ3) is 2.03. The molecule has 0 aliphatic rings. The van der Waals surface area contributed by atoms with Crippen LogP contribution in [0.2, 0.25) is 0 Å². The highest BCUT2D eigenvalue weighted by Crippen LogP contribution is 2.34. The molecule has 0 saturated carbocycles. The number of nitrogen functional groups attached to an aromatic ring is 1. The number of terminal acetylenes is 1. The molecule has 92 valence electrons. The van der Waals surface area contributed by atoms with Gasteiger partial charge in [-0.3, -0.25) is 4.79 Å². The van der Waals surface area contributed by atoms with Gasteiger partial charge >= 0.3 is 0 Å². The predicted molar refractivity (Wildman–Crippen MR) is 72.0 cm³/mol. The molecule has 2 N–H and O–H groups in total. The Labute approximate surface area is 108 Å². The van der Waals surface area contributed by atoms with E-state index in [1.54, 1.807) is 13.1 Å². The number of fused-ring (bicyclic) bond motifs is 1. The summed E-state index contributed by atoms with van der Waals surface area (Å²) in [6.45, 7) is 0.209. The Hall–Kier alpha value is -2.06. The van der Waals surface area contributed by atoms with Gasteiger partial charge in [0, 0.05) is 17.1 Å². The molecule has 0 bridgehead atoms. The van der Waals surface area contributed by atoms with Crippen LogP contribution in [0.3, 0.4) is 0 Å². The van der Waals surface area contributed by atoms with Crippen LogP contribution >= 0.6 is 11.3 Å². The lowest BCUT2D eigenvalue weighted by Crippen LogP contribution is -2.26. The third-order valence-corrected chi connectivity index (χ3v) is 3.73. The van der Waals surface area contributed by atoms with Crippen LogP contribution in [0.1, 0.15) is 9.67 Å². The fourth-order valence-corrected chi connectivity index (χ4v) is 2.73. The molecule has 1 aromatic heterocycles. The van der Waals surface area contributed by atoms with Gasteiger partial charge in [-0.15, -0.1) is 17.8 Å². The molecule has 3 nitrogen and oxygen atoms in total. The van der Waals surface area contributed by atoms with Crippen molar-refractivity contribution in [1.29, 1.82) is 0 Å². The van der Waals surface area contributed by atoms with Crippen LogP contribution in [0.4, 0.5) is 10.1 Å². The fourth-order valence-electron chi connectivity index (χ4n) is 1.63. The molecule has 0 aliphatic carbocycles. The van der Waals surface area contributed by atoms with Crippen LogP contribution in [0, 0.1) is 18.2 Å². The van der Waals surface area contributed by atoms with Crippen molar-refractivity contribution < 1.29 is 9.18 Å². The summed E-state index contributed by atoms with van der Waals surface area (Å²) in [4.78, 5) is 13.9. The smallest absolute Gasteiger partial charge is 0.266 e. The van der Waals surface area contributed by atoms with Crippen LogP contribution < -0.4 is 5.73 Å². The first-order valence-electron chi connectivity index (χ1n) is 5.21. The number of amides is 1. The van der Waals surface area contributed by atoms with Crippen LogP contribution in [0.25, 0.3) is 10.1 Å². The number of nitrogens with two attached hydrogens (primary N) is 1. The molecule has 0 radical (unpaired) electrons. The molecule has 1 heterocycles. The molecule has 1 aromatic carbocycles. The van der Waals surface area contributed by atoms with Crippen molar-refractivity contribution in [3.05, 3.63) is 28.9 Å². The molecule has 2 aromatic rings. The Balaban J connectivity index is 2.50. The fraction of sp³-hybridized carbons (Fsp3) is 0.154. The second kappa shape index (κ2) is 4.67. The van der Waals surface area contributed by atoms with Crippen molar-refractivity contribution in [3.63, 3.8) is 0 Å². The van der Waals surface area contributed by atoms with E-state index in [0.29, 0.717) is 16.0 Å². The number of hydrogen-bond donors (Lipinski definition) is 1. The minimum absolute atomic E-state index is 0.209. The van der Waals surface area contributed by atoms with Gasteiger partial charge in [-0.25, -0.2) is 4.39 Å². The Morgan fingerprint density at radius 2 is 2.33 bits per heavy atom. The van der Waals surface area contributed by atoms with Crippen LogP contribution in [-0.2, 0) is 0 Å². The first-order chi connectivity index (χ1) is 8.54. The molecule has 2 rings (SSSR count). The largest absolute Gasteiger partial charge is 0.397 e. The van der Waals surface area contributed by atoms with Gasteiger partial charge in [-0.05, 0) is 18.2 Å². The van der Waals surface area contributed by atoms with E-state index in [9.17, 15) is 9.18 Å². The highest BCUT2D eigenvalue weighted by atomic mass is 32.1. The summed E-state index contributed by atoms with van der Waals surface area (Å²) >= 11 is 1.24. The number of anilines is 1. The summed E-state index contributed by atoms with van der Waals surface area (Å²) in [6, 6.07) is 4.29. The van der Waals surface area contributed by atoms with Gasteiger partial charge in [-0.1, -0.05) is 5.92 Å². The lowest BCUT2D eigenvalue weighted by atomic mass is 10.2. The topological polar surface area (TPSA) is 46.3 Å². The van der Waals surface area contributed by atoms with Crippen molar-refractivity contribution in [2.75, 3.05) is 19.3 Å². The maximum absolute atomic E-state index is 13.1. The number of hydrogen-bond acceptors (Lipinski definition) is 3. The van der Waals surface area contributed by atoms with E-state index >= 15 is 0 Å². The number of halogens is 1. The zero-order valence-electron chi connectivity index (χ0n) is 9.74. The molecule has 1 amide bonds. The lowest BCUT2D eigenvalue weighted by Gasteiger charge is -2.12. The highest BCUT2D eigenvalue weighted by Gasteiger charge is 2.19. The molecular formula is C13H11FN2OS. The van der Waals surface area contributed by atoms with E-state index in [-0.39, 0.29) is 18.3 Å². The molecule has 0 aliphatic heterocycles. The van der Waals surface area contributed by atoms with Gasteiger partial charge < -0.3 is 10.6 Å². The average Bonchev–Trinajstić information content (AvgIpc) is 2.66. The van der Waals surface area contributed by atoms with E-state index in [0.717, 1.165) is 4.70 Å². The maximum atomic E-state index is 13.1. The minimum atomic E-state index is -0.372. The number of carbonyl (C=O) groups is 1. The standard InChI is InChI=1S/C13H11FN2OS/c1-3-6-16(2)13(17)12-11(15)9-7-8(14)4-5-10(9)18-12/h1,4-5,7H,6,15H2,2H3. The first kappa shape index (κ1) is 12.4. The van der Waals surface area contributed by atoms with Crippen molar-refractivity contribution in [2.24, 2.45) is 0 Å². The Kier molecular flexibility index (Phi) is 3.21. The summed E-state index contributed by atoms with van der Waals surface area (Å²) in [6.07, 6.45) is 5.16. The van der Waals surface area contributed by atoms with E-state index < -0.39 is 0 Å². The van der Waals surface area contributed by atoms with Gasteiger partial charge in [0.15, 0.2) is 0 Å². The van der Waals surface area contributed by atoms with Gasteiger partial charge in [0.25, 0.3) is 5.91 Å². The van der Waals surface area contributed by atoms with Crippen molar-refractivity contribution >= 4 is 33.0 Å². The molecule has 0 saturated heterocycles. The highest BCUT2D eigenvalue weighted by molar-refractivity contribution is 7.21. The van der Waals surface area contributed by atoms with Gasteiger partial charge in [0.1, 0.15) is 10.7 Å². The molecule has 18 heavy (non-hydrogen) atoms. The Morgan fingerprint density at radius 3 is 3.00 bits per heavy atom. The average molecular weight is 262 g/mol. The monoisotopic (exact) mass is 262 g/mol. The zero-order valence-corrected chi connectivity index (χ0v) is 10.6. The number of rotatable bonds is 2. The summed E-state index contributed by atoms with van der Waals surface area (Å²) < 4.78 is 13.9.